The smallest absolute Gasteiger partial charge is 0.237 e. The van der Waals surface area contributed by atoms with Crippen molar-refractivity contribution in [1.29, 1.82) is 0 Å². The lowest BCUT2D eigenvalue weighted by Crippen LogP contribution is -2.66. The van der Waals surface area contributed by atoms with E-state index in [1.54, 1.807) is 0 Å². The Morgan fingerprint density at radius 1 is 0.667 bits per heavy atom. The Morgan fingerprint density at radius 2 is 1.08 bits per heavy atom. The molecule has 0 N–H and O–H groups in total. The average molecular weight is 548 g/mol. The molecule has 6 rings (SSSR count). The highest BCUT2D eigenvalue weighted by Crippen LogP contribution is 2.58. The zero-order valence-electron chi connectivity index (χ0n) is 22.6. The van der Waals surface area contributed by atoms with Gasteiger partial charge in [-0.2, -0.15) is 0 Å². The second-order valence-corrected chi connectivity index (χ2v) is 17.2. The number of fused-ring (bicyclic) bond motifs is 1. The summed E-state index contributed by atoms with van der Waals surface area (Å²) >= 11 is 6.50. The number of carbonyl (C=O) groups excluding carboxylic acids is 1. The minimum absolute atomic E-state index is 0.106. The minimum Gasteiger partial charge on any atom is -0.336 e. The van der Waals surface area contributed by atoms with E-state index < -0.39 is 13.7 Å². The summed E-state index contributed by atoms with van der Waals surface area (Å²) in [6.45, 7) is 8.22. The number of rotatable bonds is 6. The fraction of sp³-hybridized carbons (Fsp3) is 0.212. The lowest BCUT2D eigenvalue weighted by molar-refractivity contribution is -0.117. The van der Waals surface area contributed by atoms with Crippen molar-refractivity contribution in [1.82, 2.24) is 0 Å². The number of thiocarbonyl (C=S) groups is 1. The highest BCUT2D eigenvalue weighted by Gasteiger charge is 2.69. The van der Waals surface area contributed by atoms with Gasteiger partial charge in [0.25, 0.3) is 0 Å². The number of anilines is 3. The van der Waals surface area contributed by atoms with Gasteiger partial charge in [-0.05, 0) is 35.4 Å². The predicted octanol–water partition coefficient (Wildman–Crippen LogP) is 7.49. The van der Waals surface area contributed by atoms with Crippen LogP contribution in [0.2, 0.25) is 25.2 Å². The van der Waals surface area contributed by atoms with Crippen LogP contribution in [-0.2, 0) is 17.9 Å². The van der Waals surface area contributed by atoms with Crippen LogP contribution in [0.5, 0.6) is 0 Å². The van der Waals surface area contributed by atoms with Crippen LogP contribution >= 0.6 is 12.2 Å². The van der Waals surface area contributed by atoms with Gasteiger partial charge in [-0.3, -0.25) is 9.69 Å². The van der Waals surface area contributed by atoms with Gasteiger partial charge in [0.2, 0.25) is 5.91 Å². The molecule has 0 aliphatic carbocycles. The quantitative estimate of drug-likeness (QED) is 0.185. The maximum Gasteiger partial charge on any atom is 0.237 e. The fourth-order valence-corrected chi connectivity index (χ4v) is 9.57. The van der Waals surface area contributed by atoms with Crippen molar-refractivity contribution in [3.8, 4) is 0 Å². The highest BCUT2D eigenvalue weighted by molar-refractivity contribution is 7.81. The molecule has 1 fully saturated rings. The van der Waals surface area contributed by atoms with Crippen LogP contribution in [0.25, 0.3) is 0 Å². The van der Waals surface area contributed by atoms with Crippen molar-refractivity contribution < 1.29 is 4.79 Å². The number of carbonyl (C=O) groups is 1. The summed E-state index contributed by atoms with van der Waals surface area (Å²) in [4.78, 5) is 22.1. The molecular weight excluding hydrogens is 515 g/mol. The zero-order valence-corrected chi connectivity index (χ0v) is 24.4. The first kappa shape index (κ1) is 25.5. The topological polar surface area (TPSA) is 26.8 Å². The van der Waals surface area contributed by atoms with Gasteiger partial charge in [0, 0.05) is 18.8 Å². The summed E-state index contributed by atoms with van der Waals surface area (Å²) in [6, 6.07) is 39.5. The van der Waals surface area contributed by atoms with E-state index in [2.05, 4.69) is 102 Å². The maximum absolute atomic E-state index is 14.7. The van der Waals surface area contributed by atoms with E-state index in [0.29, 0.717) is 18.1 Å². The van der Waals surface area contributed by atoms with Crippen molar-refractivity contribution in [2.45, 2.75) is 43.9 Å². The summed E-state index contributed by atoms with van der Waals surface area (Å²) in [5.41, 5.74) is 4.35. The van der Waals surface area contributed by atoms with Crippen LogP contribution in [0.4, 0.5) is 17.1 Å². The molecule has 1 spiro atoms. The largest absolute Gasteiger partial charge is 0.336 e. The van der Waals surface area contributed by atoms with Crippen molar-refractivity contribution in [2.24, 2.45) is 0 Å². The van der Waals surface area contributed by atoms with Gasteiger partial charge in [0.1, 0.15) is 4.99 Å². The summed E-state index contributed by atoms with van der Waals surface area (Å²) in [5, 5.41) is 0. The molecule has 0 radical (unpaired) electrons. The Labute approximate surface area is 237 Å². The van der Waals surface area contributed by atoms with E-state index in [9.17, 15) is 4.79 Å². The Balaban J connectivity index is 1.63. The minimum atomic E-state index is -2.16. The molecule has 196 valence electrons. The van der Waals surface area contributed by atoms with Crippen LogP contribution in [0, 0.1) is 0 Å². The van der Waals surface area contributed by atoms with Gasteiger partial charge in [0.15, 0.2) is 5.66 Å². The number of hydrogen-bond donors (Lipinski definition) is 0. The first-order chi connectivity index (χ1) is 18.8. The fourth-order valence-electron chi connectivity index (χ4n) is 6.40. The van der Waals surface area contributed by atoms with Crippen molar-refractivity contribution in [3.63, 3.8) is 0 Å². The summed E-state index contributed by atoms with van der Waals surface area (Å²) in [5.74, 6) is 0.106. The third-order valence-corrected chi connectivity index (χ3v) is 10.8. The molecule has 2 aliphatic rings. The lowest BCUT2D eigenvalue weighted by atomic mass is 10.0. The Hall–Kier alpha value is -3.74. The molecule has 2 heterocycles. The van der Waals surface area contributed by atoms with Gasteiger partial charge in [-0.15, -0.1) is 0 Å². The van der Waals surface area contributed by atoms with Crippen molar-refractivity contribution in [2.75, 3.05) is 14.7 Å². The van der Waals surface area contributed by atoms with Crippen LogP contribution < -0.4 is 14.7 Å². The van der Waals surface area contributed by atoms with Crippen LogP contribution in [0.3, 0.4) is 0 Å². The van der Waals surface area contributed by atoms with Gasteiger partial charge < -0.3 is 9.80 Å². The van der Waals surface area contributed by atoms with E-state index in [-0.39, 0.29) is 11.4 Å². The first-order valence-electron chi connectivity index (χ1n) is 13.5. The molecule has 4 aromatic carbocycles. The van der Waals surface area contributed by atoms with Crippen LogP contribution in [0.15, 0.2) is 115 Å². The monoisotopic (exact) mass is 547 g/mol. The maximum atomic E-state index is 14.7. The molecule has 6 heteroatoms. The molecule has 2 aliphatic heterocycles. The van der Waals surface area contributed by atoms with Crippen LogP contribution in [-0.4, -0.2) is 24.6 Å². The Kier molecular flexibility index (Phi) is 6.40. The molecule has 0 aromatic heterocycles. The Bertz CT molecular complexity index is 1440. The molecule has 1 amide bonds. The van der Waals surface area contributed by atoms with Gasteiger partial charge in [-0.25, -0.2) is 0 Å². The zero-order chi connectivity index (χ0) is 27.2. The number of nitrogens with zero attached hydrogens (tertiary/aromatic N) is 3. The van der Waals surface area contributed by atoms with E-state index in [0.717, 1.165) is 17.1 Å². The van der Waals surface area contributed by atoms with Crippen LogP contribution in [0.1, 0.15) is 11.1 Å². The normalized spacial score (nSPS) is 18.2. The second kappa shape index (κ2) is 9.78. The molecule has 0 saturated carbocycles. The van der Waals surface area contributed by atoms with Gasteiger partial charge in [0.05, 0.1) is 25.0 Å². The summed E-state index contributed by atoms with van der Waals surface area (Å²) in [7, 11) is -2.16. The molecule has 39 heavy (non-hydrogen) atoms. The van der Waals surface area contributed by atoms with Gasteiger partial charge >= 0.3 is 0 Å². The molecule has 1 unspecified atom stereocenters. The SMILES string of the molecule is C[Si](C)(C)C1C(=O)N(c2ccccc2)C(=S)C12N(Cc1ccccc1)c1ccccc1N2Cc1ccccc1. The van der Waals surface area contributed by atoms with Crippen molar-refractivity contribution >= 4 is 48.2 Å². The lowest BCUT2D eigenvalue weighted by Gasteiger charge is -2.49. The highest BCUT2D eigenvalue weighted by atomic mass is 32.1. The molecule has 4 nitrogen and oxygen atoms in total. The predicted molar refractivity (Wildman–Crippen MR) is 168 cm³/mol. The number of para-hydroxylation sites is 3. The number of hydrogen-bond acceptors (Lipinski definition) is 4. The molecule has 1 saturated heterocycles. The molecule has 0 bridgehead atoms. The number of amides is 1. The average Bonchev–Trinajstić information content (AvgIpc) is 3.34. The first-order valence-corrected chi connectivity index (χ1v) is 17.5. The standard InChI is InChI=1S/C33H33N3OSSi/c1-39(2,3)30-31(37)36(27-19-11-6-12-20-27)32(38)33(30)34(23-25-15-7-4-8-16-25)28-21-13-14-22-29(28)35(33)24-26-17-9-5-10-18-26/h4-22,30H,23-24H2,1-3H3. The second-order valence-electron chi connectivity index (χ2n) is 11.5. The van der Waals surface area contributed by atoms with E-state index in [4.69, 9.17) is 12.2 Å². The summed E-state index contributed by atoms with van der Waals surface area (Å²) in [6.07, 6.45) is 0. The molecule has 4 aromatic rings. The molecular formula is C33H33N3OSSi. The van der Waals surface area contributed by atoms with Crippen molar-refractivity contribution in [3.05, 3.63) is 126 Å². The number of benzene rings is 4. The third kappa shape index (κ3) is 4.10. The third-order valence-electron chi connectivity index (χ3n) is 7.92. The van der Waals surface area contributed by atoms with E-state index in [1.165, 1.54) is 11.1 Å². The van der Waals surface area contributed by atoms with E-state index >= 15 is 0 Å². The summed E-state index contributed by atoms with van der Waals surface area (Å²) < 4.78 is 0. The molecule has 1 atom stereocenters. The van der Waals surface area contributed by atoms with Gasteiger partial charge in [-0.1, -0.05) is 123 Å². The van der Waals surface area contributed by atoms with E-state index in [1.807, 2.05) is 47.4 Å². The Morgan fingerprint density at radius 3 is 1.51 bits per heavy atom.